The molecule has 2 aliphatic heterocycles. The Hall–Kier alpha value is 0.270. The van der Waals surface area contributed by atoms with Gasteiger partial charge in [0.2, 0.25) is 0 Å². The van der Waals surface area contributed by atoms with Gasteiger partial charge in [0.1, 0.15) is 0 Å². The highest BCUT2D eigenvalue weighted by Crippen LogP contribution is 2.17. The largest absolute Gasteiger partial charge is 0.317 e. The van der Waals surface area contributed by atoms with E-state index in [1.54, 1.807) is 0 Å². The van der Waals surface area contributed by atoms with Crippen molar-refractivity contribution >= 4 is 11.8 Å². The quantitative estimate of drug-likeness (QED) is 0.684. The Morgan fingerprint density at radius 3 is 2.77 bits per heavy atom. The van der Waals surface area contributed by atoms with Crippen LogP contribution in [0.15, 0.2) is 0 Å². The van der Waals surface area contributed by atoms with Crippen LogP contribution in [0.3, 0.4) is 0 Å². The Bertz CT molecular complexity index is 138. The summed E-state index contributed by atoms with van der Waals surface area (Å²) in [6.45, 7) is 5.13. The van der Waals surface area contributed by atoms with Crippen molar-refractivity contribution in [2.24, 2.45) is 0 Å². The molecule has 3 heteroatoms. The summed E-state index contributed by atoms with van der Waals surface area (Å²) in [7, 11) is 0. The van der Waals surface area contributed by atoms with Gasteiger partial charge in [0.05, 0.1) is 0 Å². The molecule has 0 aliphatic carbocycles. The molecule has 0 aromatic carbocycles. The molecule has 1 N–H and O–H groups in total. The van der Waals surface area contributed by atoms with Gasteiger partial charge in [-0.25, -0.2) is 0 Å². The third-order valence-electron chi connectivity index (χ3n) is 3.08. The van der Waals surface area contributed by atoms with Gasteiger partial charge in [0.25, 0.3) is 0 Å². The molecule has 0 unspecified atom stereocenters. The molecule has 0 bridgehead atoms. The first kappa shape index (κ1) is 9.81. The molecule has 0 amide bonds. The summed E-state index contributed by atoms with van der Waals surface area (Å²) in [6.07, 6.45) is 4.13. The van der Waals surface area contributed by atoms with E-state index in [2.05, 4.69) is 22.0 Å². The van der Waals surface area contributed by atoms with Gasteiger partial charge in [0, 0.05) is 18.3 Å². The summed E-state index contributed by atoms with van der Waals surface area (Å²) in [5.74, 6) is 2.73. The van der Waals surface area contributed by atoms with Crippen LogP contribution in [0.25, 0.3) is 0 Å². The number of rotatable bonds is 1. The van der Waals surface area contributed by atoms with Crippen LogP contribution in [0.2, 0.25) is 0 Å². The fourth-order valence-electron chi connectivity index (χ4n) is 2.30. The summed E-state index contributed by atoms with van der Waals surface area (Å²) < 4.78 is 0. The minimum atomic E-state index is 0.889. The SMILES string of the molecule is C1CSCCN(C2CCNCC2)C1. The van der Waals surface area contributed by atoms with Gasteiger partial charge in [-0.05, 0) is 44.6 Å². The predicted octanol–water partition coefficient (Wildman–Crippen LogP) is 1.18. The molecule has 0 aromatic heterocycles. The van der Waals surface area contributed by atoms with Gasteiger partial charge >= 0.3 is 0 Å². The fourth-order valence-corrected chi connectivity index (χ4v) is 3.20. The van der Waals surface area contributed by atoms with Crippen molar-refractivity contribution in [2.75, 3.05) is 37.7 Å². The summed E-state index contributed by atoms with van der Waals surface area (Å²) in [6, 6.07) is 0.889. The van der Waals surface area contributed by atoms with Crippen LogP contribution in [-0.4, -0.2) is 48.6 Å². The highest BCUT2D eigenvalue weighted by molar-refractivity contribution is 7.99. The van der Waals surface area contributed by atoms with Gasteiger partial charge in [-0.3, -0.25) is 4.90 Å². The molecule has 0 aromatic rings. The molecule has 76 valence electrons. The van der Waals surface area contributed by atoms with Gasteiger partial charge in [0.15, 0.2) is 0 Å². The number of piperidine rings is 1. The van der Waals surface area contributed by atoms with Gasteiger partial charge in [-0.2, -0.15) is 11.8 Å². The zero-order valence-corrected chi connectivity index (χ0v) is 9.11. The van der Waals surface area contributed by atoms with E-state index < -0.39 is 0 Å². The van der Waals surface area contributed by atoms with Gasteiger partial charge in [-0.1, -0.05) is 0 Å². The lowest BCUT2D eigenvalue weighted by Crippen LogP contribution is -2.44. The summed E-state index contributed by atoms with van der Waals surface area (Å²) in [4.78, 5) is 2.72. The van der Waals surface area contributed by atoms with Crippen LogP contribution in [0, 0.1) is 0 Å². The molecule has 2 saturated heterocycles. The maximum absolute atomic E-state index is 3.44. The van der Waals surface area contributed by atoms with E-state index >= 15 is 0 Å². The van der Waals surface area contributed by atoms with Crippen molar-refractivity contribution < 1.29 is 0 Å². The van der Waals surface area contributed by atoms with Crippen LogP contribution in [0.5, 0.6) is 0 Å². The Morgan fingerprint density at radius 1 is 1.08 bits per heavy atom. The molecule has 0 radical (unpaired) electrons. The predicted molar refractivity (Wildman–Crippen MR) is 59.4 cm³/mol. The number of hydrogen-bond donors (Lipinski definition) is 1. The van der Waals surface area contributed by atoms with E-state index in [0.717, 1.165) is 6.04 Å². The van der Waals surface area contributed by atoms with E-state index in [0.29, 0.717) is 0 Å². The second kappa shape index (κ2) is 5.23. The first-order chi connectivity index (χ1) is 6.47. The molecule has 0 spiro atoms. The van der Waals surface area contributed by atoms with Crippen molar-refractivity contribution in [1.29, 1.82) is 0 Å². The standard InChI is InChI=1S/C10H20N2S/c1-6-12(7-9-13-8-1)10-2-4-11-5-3-10/h10-11H,1-9H2. The van der Waals surface area contributed by atoms with Crippen LogP contribution in [0.4, 0.5) is 0 Å². The van der Waals surface area contributed by atoms with Crippen molar-refractivity contribution in [3.8, 4) is 0 Å². The molecule has 2 nitrogen and oxygen atoms in total. The molecule has 2 aliphatic rings. The fraction of sp³-hybridized carbons (Fsp3) is 1.00. The van der Waals surface area contributed by atoms with Crippen molar-refractivity contribution in [2.45, 2.75) is 25.3 Å². The van der Waals surface area contributed by atoms with E-state index in [1.165, 1.54) is 56.9 Å². The maximum Gasteiger partial charge on any atom is 0.0120 e. The van der Waals surface area contributed by atoms with E-state index in [4.69, 9.17) is 0 Å². The molecule has 13 heavy (non-hydrogen) atoms. The minimum Gasteiger partial charge on any atom is -0.317 e. The van der Waals surface area contributed by atoms with E-state index in [9.17, 15) is 0 Å². The van der Waals surface area contributed by atoms with Gasteiger partial charge in [-0.15, -0.1) is 0 Å². The molecule has 0 atom stereocenters. The number of hydrogen-bond acceptors (Lipinski definition) is 3. The molecular weight excluding hydrogens is 180 g/mol. The summed E-state index contributed by atoms with van der Waals surface area (Å²) in [5, 5.41) is 3.44. The highest BCUT2D eigenvalue weighted by Gasteiger charge is 2.21. The van der Waals surface area contributed by atoms with Crippen LogP contribution in [0.1, 0.15) is 19.3 Å². The molecule has 2 heterocycles. The zero-order chi connectivity index (χ0) is 8.93. The lowest BCUT2D eigenvalue weighted by atomic mass is 10.0. The Morgan fingerprint density at radius 2 is 1.92 bits per heavy atom. The third kappa shape index (κ3) is 2.86. The van der Waals surface area contributed by atoms with Gasteiger partial charge < -0.3 is 5.32 Å². The Kier molecular flexibility index (Phi) is 3.94. The molecule has 0 saturated carbocycles. The summed E-state index contributed by atoms with van der Waals surface area (Å²) >= 11 is 2.13. The maximum atomic E-state index is 3.44. The van der Waals surface area contributed by atoms with Crippen molar-refractivity contribution in [1.82, 2.24) is 10.2 Å². The summed E-state index contributed by atoms with van der Waals surface area (Å²) in [5.41, 5.74) is 0. The first-order valence-electron chi connectivity index (χ1n) is 5.49. The normalized spacial score (nSPS) is 28.6. The Labute approximate surface area is 85.4 Å². The van der Waals surface area contributed by atoms with Crippen LogP contribution in [-0.2, 0) is 0 Å². The molecular formula is C10H20N2S. The average molecular weight is 200 g/mol. The highest BCUT2D eigenvalue weighted by atomic mass is 32.2. The average Bonchev–Trinajstić information content (AvgIpc) is 2.47. The van der Waals surface area contributed by atoms with Crippen LogP contribution >= 0.6 is 11.8 Å². The number of nitrogens with zero attached hydrogens (tertiary/aromatic N) is 1. The number of nitrogens with one attached hydrogen (secondary N) is 1. The second-order valence-corrected chi connectivity index (χ2v) is 5.21. The Balaban J connectivity index is 1.82. The number of thioether (sulfide) groups is 1. The lowest BCUT2D eigenvalue weighted by molar-refractivity contribution is 0.174. The van der Waals surface area contributed by atoms with Crippen molar-refractivity contribution in [3.63, 3.8) is 0 Å². The zero-order valence-electron chi connectivity index (χ0n) is 8.30. The first-order valence-corrected chi connectivity index (χ1v) is 6.65. The smallest absolute Gasteiger partial charge is 0.0120 e. The molecule has 2 rings (SSSR count). The minimum absolute atomic E-state index is 0.889. The molecule has 2 fully saturated rings. The van der Waals surface area contributed by atoms with Crippen LogP contribution < -0.4 is 5.32 Å². The van der Waals surface area contributed by atoms with E-state index in [-0.39, 0.29) is 0 Å². The topological polar surface area (TPSA) is 15.3 Å². The van der Waals surface area contributed by atoms with Crippen molar-refractivity contribution in [3.05, 3.63) is 0 Å². The third-order valence-corrected chi connectivity index (χ3v) is 4.13. The lowest BCUT2D eigenvalue weighted by Gasteiger charge is -2.33. The monoisotopic (exact) mass is 200 g/mol. The van der Waals surface area contributed by atoms with E-state index in [1.807, 2.05) is 0 Å². The second-order valence-electron chi connectivity index (χ2n) is 3.98.